The minimum absolute atomic E-state index is 0.715. The van der Waals surface area contributed by atoms with Crippen molar-refractivity contribution in [2.45, 2.75) is 0 Å². The number of fused-ring (bicyclic) bond motifs is 6. The van der Waals surface area contributed by atoms with Gasteiger partial charge >= 0.3 is 0 Å². The molecule has 0 unspecified atom stereocenters. The summed E-state index contributed by atoms with van der Waals surface area (Å²) in [5.41, 5.74) is 12.8. The van der Waals surface area contributed by atoms with Crippen molar-refractivity contribution in [3.63, 3.8) is 0 Å². The second-order valence-electron chi connectivity index (χ2n) is 15.4. The lowest BCUT2D eigenvalue weighted by Gasteiger charge is -2.12. The number of rotatable bonds is 7. The molecule has 12 aromatic rings. The van der Waals surface area contributed by atoms with Crippen molar-refractivity contribution in [3.05, 3.63) is 206 Å². The van der Waals surface area contributed by atoms with Gasteiger partial charge in [-0.3, -0.25) is 0 Å². The first-order valence-corrected chi connectivity index (χ1v) is 22.2. The highest BCUT2D eigenvalue weighted by atomic mass is 32.1. The van der Waals surface area contributed by atoms with Crippen molar-refractivity contribution < 1.29 is 0 Å². The monoisotopic (exact) mass is 826 g/mol. The molecule has 4 aromatic heterocycles. The fraction of sp³-hybridized carbons (Fsp3) is 0. The van der Waals surface area contributed by atoms with Crippen LogP contribution in [-0.4, -0.2) is 19.9 Å². The minimum atomic E-state index is 0.715. The average molecular weight is 827 g/mol. The number of hydrogen-bond acceptors (Lipinski definition) is 6. The molecule has 0 aliphatic carbocycles. The zero-order valence-electron chi connectivity index (χ0n) is 33.2. The van der Waals surface area contributed by atoms with Crippen LogP contribution in [0.1, 0.15) is 0 Å². The lowest BCUT2D eigenvalue weighted by atomic mass is 9.97. The van der Waals surface area contributed by atoms with Crippen LogP contribution in [0.25, 0.3) is 119 Å². The Morgan fingerprint density at radius 2 is 0.597 bits per heavy atom. The molecule has 0 bridgehead atoms. The molecule has 0 saturated heterocycles. The third kappa shape index (κ3) is 6.45. The standard InChI is InChI=1S/C56H34N4S2/c1-3-13-35(14-4-1)37-25-29-39(30-26-37)53-57-51(49-45-21-7-9-23-47(45)61-55(49)59-53)43-19-11-17-41(33-43)42-18-12-20-44(34-42)52-50-46-22-8-10-24-48(46)62-56(50)60-54(58-52)40-31-27-38(28-32-40)36-15-5-2-6-16-36/h1-34H. The lowest BCUT2D eigenvalue weighted by molar-refractivity contribution is 1.24. The van der Waals surface area contributed by atoms with Gasteiger partial charge in [0.05, 0.1) is 11.4 Å². The van der Waals surface area contributed by atoms with Gasteiger partial charge in [-0.25, -0.2) is 19.9 Å². The number of aromatic nitrogens is 4. The van der Waals surface area contributed by atoms with Crippen LogP contribution >= 0.6 is 22.7 Å². The van der Waals surface area contributed by atoms with Crippen molar-refractivity contribution in [2.24, 2.45) is 0 Å². The Morgan fingerprint density at radius 3 is 1.03 bits per heavy atom. The zero-order chi connectivity index (χ0) is 41.0. The highest BCUT2D eigenvalue weighted by Crippen LogP contribution is 2.43. The van der Waals surface area contributed by atoms with Gasteiger partial charge in [-0.2, -0.15) is 0 Å². The maximum Gasteiger partial charge on any atom is 0.161 e. The van der Waals surface area contributed by atoms with Gasteiger partial charge in [0.25, 0.3) is 0 Å². The summed E-state index contributed by atoms with van der Waals surface area (Å²) in [6.45, 7) is 0. The van der Waals surface area contributed by atoms with Crippen molar-refractivity contribution in [1.82, 2.24) is 19.9 Å². The van der Waals surface area contributed by atoms with Crippen LogP contribution in [0.15, 0.2) is 206 Å². The molecule has 0 N–H and O–H groups in total. The van der Waals surface area contributed by atoms with Crippen LogP contribution < -0.4 is 0 Å². The summed E-state index contributed by atoms with van der Waals surface area (Å²) < 4.78 is 2.39. The van der Waals surface area contributed by atoms with Gasteiger partial charge in [-0.15, -0.1) is 22.7 Å². The van der Waals surface area contributed by atoms with Crippen LogP contribution in [0.5, 0.6) is 0 Å². The molecule has 4 nitrogen and oxygen atoms in total. The van der Waals surface area contributed by atoms with E-state index in [9.17, 15) is 0 Å². The normalized spacial score (nSPS) is 11.5. The number of nitrogens with zero attached hydrogens (tertiary/aromatic N) is 4. The number of benzene rings is 8. The average Bonchev–Trinajstić information content (AvgIpc) is 3.93. The van der Waals surface area contributed by atoms with E-state index in [2.05, 4.69) is 194 Å². The maximum atomic E-state index is 5.36. The van der Waals surface area contributed by atoms with Gasteiger partial charge in [0.1, 0.15) is 9.66 Å². The first-order valence-electron chi connectivity index (χ1n) is 20.6. The molecule has 4 heterocycles. The highest BCUT2D eigenvalue weighted by molar-refractivity contribution is 7.26. The van der Waals surface area contributed by atoms with E-state index < -0.39 is 0 Å². The van der Waals surface area contributed by atoms with Crippen LogP contribution in [-0.2, 0) is 0 Å². The summed E-state index contributed by atoms with van der Waals surface area (Å²) in [5, 5.41) is 4.50. The van der Waals surface area contributed by atoms with Gasteiger partial charge < -0.3 is 0 Å². The fourth-order valence-electron chi connectivity index (χ4n) is 8.50. The molecule has 0 aliphatic rings. The first-order chi connectivity index (χ1) is 30.7. The molecule has 6 heteroatoms. The molecule has 0 fully saturated rings. The maximum absolute atomic E-state index is 5.36. The Kier molecular flexibility index (Phi) is 8.84. The molecular weight excluding hydrogens is 793 g/mol. The van der Waals surface area contributed by atoms with E-state index in [-0.39, 0.29) is 0 Å². The summed E-state index contributed by atoms with van der Waals surface area (Å²) >= 11 is 3.44. The first kappa shape index (κ1) is 36.2. The Balaban J connectivity index is 0.970. The molecular formula is C56H34N4S2. The summed E-state index contributed by atoms with van der Waals surface area (Å²) in [6, 6.07) is 72.7. The Hall–Kier alpha value is -7.64. The molecule has 0 radical (unpaired) electrons. The van der Waals surface area contributed by atoms with Gasteiger partial charge in [0, 0.05) is 53.2 Å². The lowest BCUT2D eigenvalue weighted by Crippen LogP contribution is -1.95. The second-order valence-corrected chi connectivity index (χ2v) is 17.5. The van der Waals surface area contributed by atoms with Crippen LogP contribution in [0.3, 0.4) is 0 Å². The predicted molar refractivity (Wildman–Crippen MR) is 261 cm³/mol. The summed E-state index contributed by atoms with van der Waals surface area (Å²) in [7, 11) is 0. The van der Waals surface area contributed by atoms with Crippen LogP contribution in [0.4, 0.5) is 0 Å². The Labute approximate surface area is 366 Å². The molecule has 12 rings (SSSR count). The smallest absolute Gasteiger partial charge is 0.161 e. The molecule has 0 atom stereocenters. The van der Waals surface area contributed by atoms with Crippen molar-refractivity contribution in [1.29, 1.82) is 0 Å². The van der Waals surface area contributed by atoms with Crippen molar-refractivity contribution >= 4 is 63.3 Å². The quantitative estimate of drug-likeness (QED) is 0.161. The molecule has 0 spiro atoms. The van der Waals surface area contributed by atoms with Gasteiger partial charge in [-0.05, 0) is 57.6 Å². The van der Waals surface area contributed by atoms with E-state index in [4.69, 9.17) is 19.9 Å². The SMILES string of the molecule is c1ccc(-c2ccc(-c3nc(-c4cccc(-c5cccc(-c6nc(-c7ccc(-c8ccccc8)cc7)nc7sc8ccccc8c67)c5)c4)c4c(n3)sc3ccccc34)cc2)cc1. The second kappa shape index (κ2) is 15.1. The van der Waals surface area contributed by atoms with Crippen molar-refractivity contribution in [3.8, 4) is 78.7 Å². The van der Waals surface area contributed by atoms with E-state index >= 15 is 0 Å². The Morgan fingerprint density at radius 1 is 0.258 bits per heavy atom. The Bertz CT molecular complexity index is 3370. The van der Waals surface area contributed by atoms with Crippen LogP contribution in [0, 0.1) is 0 Å². The minimum Gasteiger partial charge on any atom is -0.227 e. The third-order valence-electron chi connectivity index (χ3n) is 11.6. The third-order valence-corrected chi connectivity index (χ3v) is 13.7. The fourth-order valence-corrected chi connectivity index (χ4v) is 10.7. The molecule has 8 aromatic carbocycles. The number of thiophene rings is 2. The summed E-state index contributed by atoms with van der Waals surface area (Å²) in [4.78, 5) is 23.1. The van der Waals surface area contributed by atoms with Gasteiger partial charge in [0.2, 0.25) is 0 Å². The van der Waals surface area contributed by atoms with E-state index in [0.29, 0.717) is 11.6 Å². The van der Waals surface area contributed by atoms with Gasteiger partial charge in [0.15, 0.2) is 11.6 Å². The molecule has 290 valence electrons. The largest absolute Gasteiger partial charge is 0.227 e. The van der Waals surface area contributed by atoms with Gasteiger partial charge in [-0.1, -0.05) is 182 Å². The molecule has 0 amide bonds. The molecule has 62 heavy (non-hydrogen) atoms. The zero-order valence-corrected chi connectivity index (χ0v) is 34.9. The van der Waals surface area contributed by atoms with Crippen LogP contribution in [0.2, 0.25) is 0 Å². The molecule has 0 saturated carbocycles. The highest BCUT2D eigenvalue weighted by Gasteiger charge is 2.20. The summed E-state index contributed by atoms with van der Waals surface area (Å²) in [6.07, 6.45) is 0. The van der Waals surface area contributed by atoms with E-state index in [1.807, 2.05) is 12.1 Å². The van der Waals surface area contributed by atoms with E-state index in [0.717, 1.165) is 76.3 Å². The van der Waals surface area contributed by atoms with E-state index in [1.54, 1.807) is 22.7 Å². The van der Waals surface area contributed by atoms with Crippen molar-refractivity contribution in [2.75, 3.05) is 0 Å². The van der Waals surface area contributed by atoms with E-state index in [1.165, 1.54) is 31.3 Å². The number of hydrogen-bond donors (Lipinski definition) is 0. The summed E-state index contributed by atoms with van der Waals surface area (Å²) in [5.74, 6) is 1.43. The topological polar surface area (TPSA) is 51.6 Å². The molecule has 0 aliphatic heterocycles. The predicted octanol–water partition coefficient (Wildman–Crippen LogP) is 15.7.